The lowest BCUT2D eigenvalue weighted by Crippen LogP contribution is -2.58. The molecule has 7 nitrogen and oxygen atoms in total. The van der Waals surface area contributed by atoms with Crippen molar-refractivity contribution >= 4 is 18.0 Å². The average Bonchev–Trinajstić information content (AvgIpc) is 2.34. The molecule has 1 amide bonds. The first-order valence-corrected chi connectivity index (χ1v) is 5.86. The Bertz CT molecular complexity index is 367. The highest BCUT2D eigenvalue weighted by atomic mass is 16.6. The van der Waals surface area contributed by atoms with Gasteiger partial charge < -0.3 is 14.9 Å². The van der Waals surface area contributed by atoms with Crippen LogP contribution >= 0.6 is 0 Å². The van der Waals surface area contributed by atoms with Crippen LogP contribution in [0.25, 0.3) is 0 Å². The lowest BCUT2D eigenvalue weighted by molar-refractivity contribution is -0.157. The third-order valence-electron chi connectivity index (χ3n) is 2.80. The Morgan fingerprint density at radius 2 is 1.89 bits per heavy atom. The predicted molar refractivity (Wildman–Crippen MR) is 66.8 cm³/mol. The summed E-state index contributed by atoms with van der Waals surface area (Å²) in [5.41, 5.74) is -1.81. The zero-order chi connectivity index (χ0) is 15.1. The van der Waals surface area contributed by atoms with Crippen LogP contribution in [0.3, 0.4) is 0 Å². The maximum absolute atomic E-state index is 11.8. The molecule has 7 heteroatoms. The maximum Gasteiger partial charge on any atom is 0.411 e. The summed E-state index contributed by atoms with van der Waals surface area (Å²) in [7, 11) is 0. The second kappa shape index (κ2) is 7.40. The van der Waals surface area contributed by atoms with E-state index in [0.29, 0.717) is 0 Å². The quantitative estimate of drug-likeness (QED) is 0.647. The molecule has 0 saturated heterocycles. The number of carbonyl (C=O) groups is 3. The number of hydrogen-bond acceptors (Lipinski definition) is 4. The van der Waals surface area contributed by atoms with Gasteiger partial charge in [0, 0.05) is 6.54 Å². The maximum atomic E-state index is 11.8. The number of carbonyl (C=O) groups excluding carboxylic acids is 1. The van der Waals surface area contributed by atoms with Crippen LogP contribution in [0.1, 0.15) is 26.7 Å². The minimum absolute atomic E-state index is 0.0311. The Balaban J connectivity index is 5.39. The Kier molecular flexibility index (Phi) is 6.60. The SMILES string of the molecule is C=CCOC(=O)N(CC)[C@](CC)(CC(=O)O)C(=O)O. The predicted octanol–water partition coefficient (Wildman–Crippen LogP) is 1.34. The van der Waals surface area contributed by atoms with E-state index in [1.54, 1.807) is 6.92 Å². The first-order chi connectivity index (χ1) is 8.85. The summed E-state index contributed by atoms with van der Waals surface area (Å²) in [6.45, 7) is 6.42. The lowest BCUT2D eigenvalue weighted by Gasteiger charge is -2.37. The molecule has 0 rings (SSSR count). The number of carboxylic acid groups (broad SMARTS) is 2. The van der Waals surface area contributed by atoms with Crippen molar-refractivity contribution in [2.45, 2.75) is 32.2 Å². The zero-order valence-electron chi connectivity index (χ0n) is 11.1. The molecule has 0 aliphatic heterocycles. The second-order valence-electron chi connectivity index (χ2n) is 3.87. The first-order valence-electron chi connectivity index (χ1n) is 5.86. The standard InChI is InChI=1S/C12H19NO6/c1-4-7-19-11(18)13(6-3)12(5-2,10(16)17)8-9(14)15/h4H,1,5-8H2,2-3H3,(H,14,15)(H,16,17)/t12-/m1/s1. The minimum atomic E-state index is -1.81. The molecule has 0 heterocycles. The third-order valence-corrected chi connectivity index (χ3v) is 2.80. The van der Waals surface area contributed by atoms with Gasteiger partial charge in [-0.1, -0.05) is 19.6 Å². The molecule has 0 unspecified atom stereocenters. The summed E-state index contributed by atoms with van der Waals surface area (Å²) in [5, 5.41) is 18.2. The Morgan fingerprint density at radius 1 is 1.32 bits per heavy atom. The van der Waals surface area contributed by atoms with Crippen molar-refractivity contribution in [3.05, 3.63) is 12.7 Å². The van der Waals surface area contributed by atoms with Crippen LogP contribution in [0.5, 0.6) is 0 Å². The van der Waals surface area contributed by atoms with Crippen LogP contribution < -0.4 is 0 Å². The fourth-order valence-electron chi connectivity index (χ4n) is 1.82. The molecule has 0 aromatic carbocycles. The van der Waals surface area contributed by atoms with E-state index in [9.17, 15) is 19.5 Å². The molecular formula is C12H19NO6. The summed E-state index contributed by atoms with van der Waals surface area (Å²) in [4.78, 5) is 35.1. The van der Waals surface area contributed by atoms with E-state index in [0.717, 1.165) is 4.90 Å². The number of ether oxygens (including phenoxy) is 1. The van der Waals surface area contributed by atoms with E-state index < -0.39 is 30.0 Å². The normalized spacial score (nSPS) is 13.2. The monoisotopic (exact) mass is 273 g/mol. The highest BCUT2D eigenvalue weighted by Crippen LogP contribution is 2.25. The van der Waals surface area contributed by atoms with Crippen molar-refractivity contribution in [1.82, 2.24) is 4.90 Å². The highest BCUT2D eigenvalue weighted by Gasteiger charge is 2.47. The van der Waals surface area contributed by atoms with Gasteiger partial charge >= 0.3 is 18.0 Å². The molecule has 2 N–H and O–H groups in total. The summed E-state index contributed by atoms with van der Waals surface area (Å²) >= 11 is 0. The average molecular weight is 273 g/mol. The van der Waals surface area contributed by atoms with Crippen molar-refractivity contribution < 1.29 is 29.3 Å². The smallest absolute Gasteiger partial charge is 0.411 e. The van der Waals surface area contributed by atoms with E-state index in [4.69, 9.17) is 9.84 Å². The summed E-state index contributed by atoms with van der Waals surface area (Å²) in [5.74, 6) is -2.66. The van der Waals surface area contributed by atoms with Crippen molar-refractivity contribution in [2.75, 3.05) is 13.2 Å². The molecule has 1 atom stereocenters. The van der Waals surface area contributed by atoms with Gasteiger partial charge in [0.05, 0.1) is 6.42 Å². The molecule has 0 aromatic heterocycles. The first kappa shape index (κ1) is 16.9. The van der Waals surface area contributed by atoms with E-state index in [-0.39, 0.29) is 19.6 Å². The van der Waals surface area contributed by atoms with Crippen LogP contribution in [-0.2, 0) is 14.3 Å². The molecule has 0 spiro atoms. The number of amides is 1. The molecule has 0 aliphatic carbocycles. The summed E-state index contributed by atoms with van der Waals surface area (Å²) < 4.78 is 4.80. The minimum Gasteiger partial charge on any atom is -0.481 e. The lowest BCUT2D eigenvalue weighted by atomic mass is 9.90. The fourth-order valence-corrected chi connectivity index (χ4v) is 1.82. The topological polar surface area (TPSA) is 104 Å². The number of likely N-dealkylation sites (N-methyl/N-ethyl adjacent to an activating group) is 1. The molecule has 0 fully saturated rings. The molecule has 19 heavy (non-hydrogen) atoms. The Hall–Kier alpha value is -2.05. The van der Waals surface area contributed by atoms with E-state index in [2.05, 4.69) is 6.58 Å². The van der Waals surface area contributed by atoms with Gasteiger partial charge in [0.1, 0.15) is 6.61 Å². The van der Waals surface area contributed by atoms with Crippen molar-refractivity contribution in [1.29, 1.82) is 0 Å². The third kappa shape index (κ3) is 3.97. The Morgan fingerprint density at radius 3 is 2.21 bits per heavy atom. The second-order valence-corrected chi connectivity index (χ2v) is 3.87. The van der Waals surface area contributed by atoms with E-state index in [1.807, 2.05) is 0 Å². The molecule has 0 saturated carbocycles. The molecule has 0 radical (unpaired) electrons. The van der Waals surface area contributed by atoms with Crippen LogP contribution in [0.15, 0.2) is 12.7 Å². The van der Waals surface area contributed by atoms with Gasteiger partial charge in [-0.3, -0.25) is 9.69 Å². The molecule has 0 bridgehead atoms. The van der Waals surface area contributed by atoms with Crippen molar-refractivity contribution in [3.63, 3.8) is 0 Å². The van der Waals surface area contributed by atoms with Crippen LogP contribution in [0, 0.1) is 0 Å². The van der Waals surface area contributed by atoms with Gasteiger partial charge in [0.15, 0.2) is 5.54 Å². The van der Waals surface area contributed by atoms with Crippen LogP contribution in [0.4, 0.5) is 4.79 Å². The number of rotatable bonds is 8. The number of hydrogen-bond donors (Lipinski definition) is 2. The van der Waals surface area contributed by atoms with E-state index >= 15 is 0 Å². The number of nitrogens with zero attached hydrogens (tertiary/aromatic N) is 1. The molecule has 108 valence electrons. The molecule has 0 aromatic rings. The Labute approximate surface area is 111 Å². The summed E-state index contributed by atoms with van der Waals surface area (Å²) in [6.07, 6.45) is -0.244. The van der Waals surface area contributed by atoms with E-state index in [1.165, 1.54) is 13.0 Å². The molecular weight excluding hydrogens is 254 g/mol. The van der Waals surface area contributed by atoms with Gasteiger partial charge in [-0.2, -0.15) is 0 Å². The summed E-state index contributed by atoms with van der Waals surface area (Å²) in [6, 6.07) is 0. The van der Waals surface area contributed by atoms with Gasteiger partial charge in [0.2, 0.25) is 0 Å². The fraction of sp³-hybridized carbons (Fsp3) is 0.583. The number of aliphatic carboxylic acids is 2. The van der Waals surface area contributed by atoms with Crippen molar-refractivity contribution in [2.24, 2.45) is 0 Å². The van der Waals surface area contributed by atoms with Crippen molar-refractivity contribution in [3.8, 4) is 0 Å². The van der Waals surface area contributed by atoms with Crippen LogP contribution in [-0.4, -0.2) is 51.8 Å². The van der Waals surface area contributed by atoms with Gasteiger partial charge in [-0.25, -0.2) is 9.59 Å². The largest absolute Gasteiger partial charge is 0.481 e. The zero-order valence-corrected chi connectivity index (χ0v) is 11.1. The highest BCUT2D eigenvalue weighted by molar-refractivity contribution is 5.89. The van der Waals surface area contributed by atoms with Gasteiger partial charge in [-0.05, 0) is 13.3 Å². The van der Waals surface area contributed by atoms with Gasteiger partial charge in [0.25, 0.3) is 0 Å². The van der Waals surface area contributed by atoms with Crippen LogP contribution in [0.2, 0.25) is 0 Å². The van der Waals surface area contributed by atoms with Gasteiger partial charge in [-0.15, -0.1) is 0 Å². The molecule has 0 aliphatic rings. The number of carboxylic acids is 2.